The number of amides is 3. The summed E-state index contributed by atoms with van der Waals surface area (Å²) in [5.74, 6) is -1.36. The van der Waals surface area contributed by atoms with E-state index in [2.05, 4.69) is 17.6 Å². The molecule has 0 aromatic heterocycles. The fourth-order valence-corrected chi connectivity index (χ4v) is 4.20. The van der Waals surface area contributed by atoms with Gasteiger partial charge in [0.25, 0.3) is 0 Å². The van der Waals surface area contributed by atoms with Crippen LogP contribution in [0, 0.1) is 5.92 Å². The number of alkyl carbamates (subject to hydrolysis) is 1. The Morgan fingerprint density at radius 1 is 1.05 bits per heavy atom. The molecule has 0 saturated carbocycles. The third-order valence-electron chi connectivity index (χ3n) is 5.91. The number of esters is 1. The van der Waals surface area contributed by atoms with Crippen molar-refractivity contribution in [3.63, 3.8) is 0 Å². The second-order valence-electron chi connectivity index (χ2n) is 11.3. The molecule has 1 aromatic carbocycles. The van der Waals surface area contributed by atoms with Gasteiger partial charge >= 0.3 is 12.1 Å². The molecule has 1 aromatic rings. The number of unbranched alkanes of at least 4 members (excludes halogenated alkanes) is 3. The van der Waals surface area contributed by atoms with Crippen LogP contribution in [0.4, 0.5) is 4.79 Å². The van der Waals surface area contributed by atoms with Gasteiger partial charge in [-0.3, -0.25) is 14.4 Å². The van der Waals surface area contributed by atoms with Crippen molar-refractivity contribution in [3.05, 3.63) is 29.8 Å². The van der Waals surface area contributed by atoms with Crippen LogP contribution in [0.25, 0.3) is 0 Å². The molecule has 3 N–H and O–H groups in total. The number of rotatable bonds is 16. The Balaban J connectivity index is 3.43. The largest absolute Gasteiger partial charge is 0.508 e. The van der Waals surface area contributed by atoms with Crippen LogP contribution in [0.2, 0.25) is 0 Å². The van der Waals surface area contributed by atoms with E-state index in [1.54, 1.807) is 39.8 Å². The molecule has 0 aliphatic carbocycles. The lowest BCUT2D eigenvalue weighted by molar-refractivity contribution is -0.144. The highest BCUT2D eigenvalue weighted by molar-refractivity contribution is 5.92. The van der Waals surface area contributed by atoms with Gasteiger partial charge in [0.2, 0.25) is 11.8 Å². The van der Waals surface area contributed by atoms with E-state index in [-0.39, 0.29) is 37.8 Å². The summed E-state index contributed by atoms with van der Waals surface area (Å²) in [6.07, 6.45) is 3.06. The molecule has 10 heteroatoms. The molecular formula is C30H49N3O7. The molecule has 226 valence electrons. The molecule has 10 nitrogen and oxygen atoms in total. The average molecular weight is 564 g/mol. The summed E-state index contributed by atoms with van der Waals surface area (Å²) >= 11 is 0. The van der Waals surface area contributed by atoms with Crippen molar-refractivity contribution in [2.45, 2.75) is 105 Å². The maximum absolute atomic E-state index is 14.2. The molecule has 3 amide bonds. The molecule has 0 aliphatic rings. The highest BCUT2D eigenvalue weighted by Crippen LogP contribution is 2.27. The standard InChI is InChI=1S/C30H49N3O7/c1-8-10-11-12-18-33(28(37)24(19-21(3)4)32-29(38)40-30(5,6)7)26(22-14-13-15-23(34)20-22)27(36)31-17-16-25(35)39-9-2/h13-15,20-21,24,26,34H,8-12,16-19H2,1-7H3,(H,31,36)(H,32,38). The van der Waals surface area contributed by atoms with Crippen molar-refractivity contribution < 1.29 is 33.8 Å². The predicted octanol–water partition coefficient (Wildman–Crippen LogP) is 4.85. The minimum atomic E-state index is -1.10. The zero-order chi connectivity index (χ0) is 30.3. The van der Waals surface area contributed by atoms with E-state index in [4.69, 9.17) is 9.47 Å². The van der Waals surface area contributed by atoms with Crippen molar-refractivity contribution in [1.82, 2.24) is 15.5 Å². The molecule has 2 unspecified atom stereocenters. The molecule has 0 aliphatic heterocycles. The van der Waals surface area contributed by atoms with Crippen molar-refractivity contribution in [2.24, 2.45) is 5.92 Å². The van der Waals surface area contributed by atoms with Crippen LogP contribution in [-0.4, -0.2) is 65.2 Å². The Morgan fingerprint density at radius 3 is 2.33 bits per heavy atom. The van der Waals surface area contributed by atoms with E-state index in [9.17, 15) is 24.3 Å². The monoisotopic (exact) mass is 563 g/mol. The normalized spacial score (nSPS) is 12.8. The molecule has 0 heterocycles. The number of nitrogens with zero attached hydrogens (tertiary/aromatic N) is 1. The van der Waals surface area contributed by atoms with Crippen LogP contribution in [0.5, 0.6) is 5.75 Å². The first-order valence-electron chi connectivity index (χ1n) is 14.3. The Morgan fingerprint density at radius 2 is 1.75 bits per heavy atom. The van der Waals surface area contributed by atoms with Gasteiger partial charge in [0.05, 0.1) is 13.0 Å². The summed E-state index contributed by atoms with van der Waals surface area (Å²) in [6, 6.07) is 4.17. The van der Waals surface area contributed by atoms with Gasteiger partial charge in [-0.05, 0) is 64.2 Å². The molecule has 0 bridgehead atoms. The van der Waals surface area contributed by atoms with E-state index in [0.29, 0.717) is 18.4 Å². The highest BCUT2D eigenvalue weighted by atomic mass is 16.6. The third kappa shape index (κ3) is 13.2. The maximum atomic E-state index is 14.2. The summed E-state index contributed by atoms with van der Waals surface area (Å²) < 4.78 is 10.4. The van der Waals surface area contributed by atoms with E-state index >= 15 is 0 Å². The second kappa shape index (κ2) is 17.4. The predicted molar refractivity (Wildman–Crippen MR) is 154 cm³/mol. The smallest absolute Gasteiger partial charge is 0.408 e. The molecule has 40 heavy (non-hydrogen) atoms. The third-order valence-corrected chi connectivity index (χ3v) is 5.91. The lowest BCUT2D eigenvalue weighted by Gasteiger charge is -2.35. The number of hydrogen-bond acceptors (Lipinski definition) is 7. The summed E-state index contributed by atoms with van der Waals surface area (Å²) in [6.45, 7) is 13.4. The van der Waals surface area contributed by atoms with Gasteiger partial charge in [0, 0.05) is 13.1 Å². The van der Waals surface area contributed by atoms with Gasteiger partial charge in [0.15, 0.2) is 0 Å². The summed E-state index contributed by atoms with van der Waals surface area (Å²) in [5, 5.41) is 15.7. The number of ether oxygens (including phenoxy) is 2. The number of benzene rings is 1. The lowest BCUT2D eigenvalue weighted by Crippen LogP contribution is -2.53. The number of nitrogens with one attached hydrogen (secondary N) is 2. The number of carbonyl (C=O) groups excluding carboxylic acids is 4. The zero-order valence-corrected chi connectivity index (χ0v) is 25.2. The van der Waals surface area contributed by atoms with Gasteiger partial charge in [-0.25, -0.2) is 4.79 Å². The first kappa shape index (κ1) is 34.7. The second-order valence-corrected chi connectivity index (χ2v) is 11.3. The molecule has 0 fully saturated rings. The Hall–Kier alpha value is -3.30. The van der Waals surface area contributed by atoms with Crippen molar-refractivity contribution in [1.29, 1.82) is 0 Å². The quantitative estimate of drug-likeness (QED) is 0.193. The fourth-order valence-electron chi connectivity index (χ4n) is 4.20. The molecular weight excluding hydrogens is 514 g/mol. The zero-order valence-electron chi connectivity index (χ0n) is 25.2. The van der Waals surface area contributed by atoms with Gasteiger partial charge in [0.1, 0.15) is 23.4 Å². The number of phenolic OH excluding ortho intramolecular Hbond substituents is 1. The minimum Gasteiger partial charge on any atom is -0.508 e. The topological polar surface area (TPSA) is 134 Å². The fraction of sp³-hybridized carbons (Fsp3) is 0.667. The Labute approximate surface area is 239 Å². The van der Waals surface area contributed by atoms with Gasteiger partial charge in [-0.2, -0.15) is 0 Å². The minimum absolute atomic E-state index is 0.0209. The van der Waals surface area contributed by atoms with Crippen LogP contribution >= 0.6 is 0 Å². The molecule has 0 saturated heterocycles. The van der Waals surface area contributed by atoms with Gasteiger partial charge < -0.3 is 30.1 Å². The van der Waals surface area contributed by atoms with E-state index in [0.717, 1.165) is 19.3 Å². The first-order chi connectivity index (χ1) is 18.8. The molecule has 0 radical (unpaired) electrons. The molecule has 2 atom stereocenters. The Bertz CT molecular complexity index is 959. The van der Waals surface area contributed by atoms with Crippen LogP contribution < -0.4 is 10.6 Å². The summed E-state index contributed by atoms with van der Waals surface area (Å²) in [7, 11) is 0. The molecule has 0 spiro atoms. The lowest BCUT2D eigenvalue weighted by atomic mass is 9.98. The number of carbonyl (C=O) groups is 4. The highest BCUT2D eigenvalue weighted by Gasteiger charge is 2.36. The summed E-state index contributed by atoms with van der Waals surface area (Å²) in [5.41, 5.74) is -0.337. The van der Waals surface area contributed by atoms with Crippen molar-refractivity contribution in [3.8, 4) is 5.75 Å². The van der Waals surface area contributed by atoms with Crippen molar-refractivity contribution in [2.75, 3.05) is 19.7 Å². The SMILES string of the molecule is CCCCCCN(C(=O)C(CC(C)C)NC(=O)OC(C)(C)C)C(C(=O)NCCC(=O)OCC)c1cccc(O)c1. The maximum Gasteiger partial charge on any atom is 0.408 e. The summed E-state index contributed by atoms with van der Waals surface area (Å²) in [4.78, 5) is 53.8. The van der Waals surface area contributed by atoms with Crippen LogP contribution in [0.1, 0.15) is 98.6 Å². The van der Waals surface area contributed by atoms with Crippen LogP contribution in [0.15, 0.2) is 24.3 Å². The van der Waals surface area contributed by atoms with Gasteiger partial charge in [-0.1, -0.05) is 52.2 Å². The van der Waals surface area contributed by atoms with E-state index in [1.807, 2.05) is 13.8 Å². The Kier molecular flexibility index (Phi) is 15.1. The van der Waals surface area contributed by atoms with E-state index in [1.165, 1.54) is 17.0 Å². The van der Waals surface area contributed by atoms with Crippen LogP contribution in [-0.2, 0) is 23.9 Å². The molecule has 1 rings (SSSR count). The van der Waals surface area contributed by atoms with E-state index < -0.39 is 41.6 Å². The van der Waals surface area contributed by atoms with Crippen molar-refractivity contribution >= 4 is 23.9 Å². The number of phenols is 1. The average Bonchev–Trinajstić information content (AvgIpc) is 2.83. The van der Waals surface area contributed by atoms with Crippen LogP contribution in [0.3, 0.4) is 0 Å². The number of aromatic hydroxyl groups is 1. The first-order valence-corrected chi connectivity index (χ1v) is 14.3. The number of hydrogen-bond donors (Lipinski definition) is 3. The van der Waals surface area contributed by atoms with Gasteiger partial charge in [-0.15, -0.1) is 0 Å².